The largest absolute Gasteiger partial charge is 0.366 e. The van der Waals surface area contributed by atoms with Gasteiger partial charge in [0.15, 0.2) is 0 Å². The molecule has 6 heteroatoms. The van der Waals surface area contributed by atoms with E-state index < -0.39 is 0 Å². The quantitative estimate of drug-likeness (QED) is 0.876. The van der Waals surface area contributed by atoms with Crippen molar-refractivity contribution >= 4 is 41.4 Å². The fourth-order valence-corrected chi connectivity index (χ4v) is 2.30. The Balaban J connectivity index is 0.00000128. The van der Waals surface area contributed by atoms with E-state index in [2.05, 4.69) is 10.3 Å². The predicted molar refractivity (Wildman–Crippen MR) is 70.7 cm³/mol. The molecule has 16 heavy (non-hydrogen) atoms. The highest BCUT2D eigenvalue weighted by Gasteiger charge is 2.22. The molecule has 0 spiro atoms. The molecule has 0 aromatic carbocycles. The van der Waals surface area contributed by atoms with Gasteiger partial charge in [0.1, 0.15) is 5.82 Å². The number of nitrogens with one attached hydrogen (secondary N) is 1. The van der Waals surface area contributed by atoms with Crippen LogP contribution in [0.3, 0.4) is 0 Å². The molecule has 2 rings (SSSR count). The Morgan fingerprint density at radius 1 is 1.38 bits per heavy atom. The van der Waals surface area contributed by atoms with Gasteiger partial charge in [0.25, 0.3) is 0 Å². The molecule has 0 amide bonds. The molecule has 90 valence electrons. The summed E-state index contributed by atoms with van der Waals surface area (Å²) >= 11 is 11.8. The lowest BCUT2D eigenvalue weighted by Gasteiger charge is -2.13. The van der Waals surface area contributed by atoms with Gasteiger partial charge in [-0.25, -0.2) is 4.98 Å². The number of pyridine rings is 1. The van der Waals surface area contributed by atoms with E-state index in [0.29, 0.717) is 27.9 Å². The first-order valence-electron chi connectivity index (χ1n) is 4.98. The van der Waals surface area contributed by atoms with Crippen LogP contribution in [0.4, 0.5) is 5.82 Å². The van der Waals surface area contributed by atoms with Crippen LogP contribution < -0.4 is 11.1 Å². The van der Waals surface area contributed by atoms with Crippen LogP contribution in [0.15, 0.2) is 12.3 Å². The maximum absolute atomic E-state index is 6.00. The maximum atomic E-state index is 6.00. The van der Waals surface area contributed by atoms with E-state index in [1.165, 1.54) is 0 Å². The van der Waals surface area contributed by atoms with Gasteiger partial charge in [-0.3, -0.25) is 0 Å². The minimum atomic E-state index is 0. The van der Waals surface area contributed by atoms with Crippen LogP contribution in [0.5, 0.6) is 0 Å². The number of nitrogens with two attached hydrogens (primary N) is 1. The summed E-state index contributed by atoms with van der Waals surface area (Å²) in [7, 11) is 0. The van der Waals surface area contributed by atoms with E-state index in [9.17, 15) is 0 Å². The fourth-order valence-electron chi connectivity index (χ4n) is 1.86. The van der Waals surface area contributed by atoms with Gasteiger partial charge in [-0.15, -0.1) is 12.4 Å². The lowest BCUT2D eigenvalue weighted by molar-refractivity contribution is 0.686. The molecule has 1 saturated carbocycles. The van der Waals surface area contributed by atoms with Crippen LogP contribution in [0.2, 0.25) is 10.0 Å². The molecule has 1 aromatic heterocycles. The monoisotopic (exact) mass is 281 g/mol. The number of aromatic nitrogens is 1. The van der Waals surface area contributed by atoms with Crippen LogP contribution in [0.25, 0.3) is 0 Å². The maximum Gasteiger partial charge on any atom is 0.145 e. The van der Waals surface area contributed by atoms with Crippen molar-refractivity contribution < 1.29 is 0 Å². The lowest BCUT2D eigenvalue weighted by Crippen LogP contribution is -2.21. The lowest BCUT2D eigenvalue weighted by atomic mass is 10.2. The van der Waals surface area contributed by atoms with Crippen molar-refractivity contribution in [1.29, 1.82) is 0 Å². The number of anilines is 1. The summed E-state index contributed by atoms with van der Waals surface area (Å²) in [6.45, 7) is 0. The van der Waals surface area contributed by atoms with Gasteiger partial charge in [0.05, 0.1) is 10.0 Å². The number of halogens is 3. The van der Waals surface area contributed by atoms with Crippen molar-refractivity contribution in [2.75, 3.05) is 5.32 Å². The van der Waals surface area contributed by atoms with E-state index in [1.54, 1.807) is 12.3 Å². The topological polar surface area (TPSA) is 50.9 Å². The predicted octanol–water partition coefficient (Wildman–Crippen LogP) is 3.10. The highest BCUT2D eigenvalue weighted by molar-refractivity contribution is 6.35. The van der Waals surface area contributed by atoms with Crippen molar-refractivity contribution in [3.63, 3.8) is 0 Å². The van der Waals surface area contributed by atoms with Crippen LogP contribution in [-0.4, -0.2) is 17.1 Å². The Hall–Kier alpha value is -0.220. The van der Waals surface area contributed by atoms with Gasteiger partial charge in [-0.1, -0.05) is 23.2 Å². The molecule has 1 aliphatic rings. The van der Waals surface area contributed by atoms with E-state index >= 15 is 0 Å². The molecule has 0 saturated heterocycles. The highest BCUT2D eigenvalue weighted by Crippen LogP contribution is 2.26. The van der Waals surface area contributed by atoms with E-state index in [4.69, 9.17) is 28.9 Å². The first kappa shape index (κ1) is 13.8. The summed E-state index contributed by atoms with van der Waals surface area (Å²) in [5, 5.41) is 4.39. The number of rotatable bonds is 2. The van der Waals surface area contributed by atoms with Gasteiger partial charge < -0.3 is 11.1 Å². The van der Waals surface area contributed by atoms with Crippen LogP contribution >= 0.6 is 35.6 Å². The molecule has 1 aliphatic carbocycles. The molecule has 0 bridgehead atoms. The average molecular weight is 283 g/mol. The van der Waals surface area contributed by atoms with E-state index in [0.717, 1.165) is 19.3 Å². The summed E-state index contributed by atoms with van der Waals surface area (Å²) in [4.78, 5) is 4.15. The summed E-state index contributed by atoms with van der Waals surface area (Å²) in [6, 6.07) is 2.37. The molecule has 3 N–H and O–H groups in total. The summed E-state index contributed by atoms with van der Waals surface area (Å²) in [5.74, 6) is 0.695. The average Bonchev–Trinajstić information content (AvgIpc) is 2.56. The molecule has 0 radical (unpaired) electrons. The van der Waals surface area contributed by atoms with Gasteiger partial charge in [0, 0.05) is 18.3 Å². The van der Waals surface area contributed by atoms with Gasteiger partial charge >= 0.3 is 0 Å². The molecule has 1 aromatic rings. The first-order chi connectivity index (χ1) is 7.15. The number of hydrogen-bond donors (Lipinski definition) is 2. The van der Waals surface area contributed by atoms with Crippen molar-refractivity contribution in [2.24, 2.45) is 5.73 Å². The van der Waals surface area contributed by atoms with E-state index in [-0.39, 0.29) is 12.4 Å². The highest BCUT2D eigenvalue weighted by atomic mass is 35.5. The van der Waals surface area contributed by atoms with Crippen molar-refractivity contribution in [2.45, 2.75) is 31.3 Å². The minimum Gasteiger partial charge on any atom is -0.366 e. The Kier molecular flexibility index (Phi) is 5.12. The molecule has 1 heterocycles. The smallest absolute Gasteiger partial charge is 0.145 e. The first-order valence-corrected chi connectivity index (χ1v) is 5.74. The Morgan fingerprint density at radius 2 is 2.12 bits per heavy atom. The second kappa shape index (κ2) is 5.92. The van der Waals surface area contributed by atoms with Crippen LogP contribution in [-0.2, 0) is 0 Å². The SMILES string of the molecule is Cl.N[C@@H]1CC[C@@H](Nc2ncc(Cl)cc2Cl)C1. The number of hydrogen-bond acceptors (Lipinski definition) is 3. The normalized spacial score (nSPS) is 23.9. The summed E-state index contributed by atoms with van der Waals surface area (Å²) in [6.07, 6.45) is 4.69. The summed E-state index contributed by atoms with van der Waals surface area (Å²) < 4.78 is 0. The molecule has 0 unspecified atom stereocenters. The third-order valence-corrected chi connectivity index (χ3v) is 3.12. The standard InChI is InChI=1S/C10H13Cl2N3.ClH/c11-6-3-9(12)10(14-5-6)15-8-2-1-7(13)4-8;/h3,5,7-8H,1-2,4,13H2,(H,14,15);1H/t7-,8-;/m1./s1. The second-order valence-electron chi connectivity index (χ2n) is 3.90. The second-order valence-corrected chi connectivity index (χ2v) is 4.74. The van der Waals surface area contributed by atoms with Crippen LogP contribution in [0.1, 0.15) is 19.3 Å². The van der Waals surface area contributed by atoms with Gasteiger partial charge in [-0.05, 0) is 25.3 Å². The molecule has 1 fully saturated rings. The van der Waals surface area contributed by atoms with Crippen molar-refractivity contribution in [3.8, 4) is 0 Å². The molecule has 3 nitrogen and oxygen atoms in total. The molecular formula is C10H14Cl3N3. The Morgan fingerprint density at radius 3 is 2.69 bits per heavy atom. The fraction of sp³-hybridized carbons (Fsp3) is 0.500. The third kappa shape index (κ3) is 3.39. The van der Waals surface area contributed by atoms with Gasteiger partial charge in [0.2, 0.25) is 0 Å². The van der Waals surface area contributed by atoms with Crippen molar-refractivity contribution in [1.82, 2.24) is 4.98 Å². The molecule has 2 atom stereocenters. The third-order valence-electron chi connectivity index (χ3n) is 2.62. The van der Waals surface area contributed by atoms with Crippen LogP contribution in [0, 0.1) is 0 Å². The Labute approximate surface area is 111 Å². The number of nitrogens with zero attached hydrogens (tertiary/aromatic N) is 1. The van der Waals surface area contributed by atoms with E-state index in [1.807, 2.05) is 0 Å². The molecule has 0 aliphatic heterocycles. The summed E-state index contributed by atoms with van der Waals surface area (Å²) in [5.41, 5.74) is 5.83. The Bertz CT molecular complexity index is 359. The zero-order valence-corrected chi connectivity index (χ0v) is 10.9. The zero-order chi connectivity index (χ0) is 10.8. The minimum absolute atomic E-state index is 0. The zero-order valence-electron chi connectivity index (χ0n) is 8.62. The van der Waals surface area contributed by atoms with Gasteiger partial charge in [-0.2, -0.15) is 0 Å². The van der Waals surface area contributed by atoms with Crippen molar-refractivity contribution in [3.05, 3.63) is 22.3 Å². The molecular weight excluding hydrogens is 268 g/mol.